The summed E-state index contributed by atoms with van der Waals surface area (Å²) in [5, 5.41) is 4.12. The number of thioether (sulfide) groups is 1. The topological polar surface area (TPSA) is 61.4 Å². The van der Waals surface area contributed by atoms with Crippen molar-refractivity contribution in [3.8, 4) is 0 Å². The van der Waals surface area contributed by atoms with E-state index in [4.69, 9.17) is 11.6 Å². The molecule has 4 rings (SSSR count). The van der Waals surface area contributed by atoms with Crippen molar-refractivity contribution in [2.75, 3.05) is 47.0 Å². The molecule has 1 aliphatic rings. The fraction of sp³-hybridized carbons (Fsp3) is 0.227. The van der Waals surface area contributed by atoms with Gasteiger partial charge in [0.2, 0.25) is 5.91 Å². The number of carbonyl (C=O) groups is 1. The third-order valence-corrected chi connectivity index (χ3v) is 6.04. The van der Waals surface area contributed by atoms with Crippen LogP contribution in [0.4, 0.5) is 21.6 Å². The number of hydrogen-bond acceptors (Lipinski definition) is 6. The van der Waals surface area contributed by atoms with Gasteiger partial charge < -0.3 is 15.1 Å². The van der Waals surface area contributed by atoms with E-state index in [2.05, 4.69) is 20.2 Å². The van der Waals surface area contributed by atoms with E-state index in [-0.39, 0.29) is 17.5 Å². The molecule has 0 spiro atoms. The third kappa shape index (κ3) is 5.65. The molecule has 9 heteroatoms. The SMILES string of the molecule is O=C(CSc1cc(N2CCN(c3ccccc3F)CC2)ncn1)Nc1cccc(Cl)c1. The maximum absolute atomic E-state index is 14.0. The third-order valence-electron chi connectivity index (χ3n) is 4.88. The molecule has 1 aromatic heterocycles. The minimum atomic E-state index is -0.201. The van der Waals surface area contributed by atoms with Gasteiger partial charge in [0.1, 0.15) is 23.0 Å². The van der Waals surface area contributed by atoms with Crippen LogP contribution in [0.5, 0.6) is 0 Å². The number of amides is 1. The van der Waals surface area contributed by atoms with E-state index in [1.807, 2.05) is 17.0 Å². The number of para-hydroxylation sites is 1. The molecule has 0 atom stereocenters. The molecule has 1 saturated heterocycles. The second-order valence-electron chi connectivity index (χ2n) is 6.99. The van der Waals surface area contributed by atoms with E-state index in [1.165, 1.54) is 24.2 Å². The molecule has 2 heterocycles. The molecule has 1 aliphatic heterocycles. The lowest BCUT2D eigenvalue weighted by molar-refractivity contribution is -0.113. The molecule has 160 valence electrons. The number of halogens is 2. The number of nitrogens with one attached hydrogen (secondary N) is 1. The van der Waals surface area contributed by atoms with Gasteiger partial charge in [-0.05, 0) is 30.3 Å². The highest BCUT2D eigenvalue weighted by Crippen LogP contribution is 2.24. The van der Waals surface area contributed by atoms with E-state index in [9.17, 15) is 9.18 Å². The van der Waals surface area contributed by atoms with Crippen molar-refractivity contribution in [1.29, 1.82) is 0 Å². The predicted molar refractivity (Wildman–Crippen MR) is 124 cm³/mol. The summed E-state index contributed by atoms with van der Waals surface area (Å²) >= 11 is 7.29. The summed E-state index contributed by atoms with van der Waals surface area (Å²) in [6.07, 6.45) is 1.51. The zero-order valence-corrected chi connectivity index (χ0v) is 18.2. The van der Waals surface area contributed by atoms with Crippen molar-refractivity contribution >= 4 is 46.5 Å². The number of carbonyl (C=O) groups excluding carboxylic acids is 1. The minimum absolute atomic E-state index is 0.133. The summed E-state index contributed by atoms with van der Waals surface area (Å²) in [4.78, 5) is 25.1. The first-order valence-electron chi connectivity index (χ1n) is 9.83. The van der Waals surface area contributed by atoms with E-state index < -0.39 is 0 Å². The van der Waals surface area contributed by atoms with Crippen molar-refractivity contribution < 1.29 is 9.18 Å². The first-order chi connectivity index (χ1) is 15.1. The van der Waals surface area contributed by atoms with E-state index >= 15 is 0 Å². The van der Waals surface area contributed by atoms with E-state index in [0.29, 0.717) is 29.5 Å². The van der Waals surface area contributed by atoms with Gasteiger partial charge in [0.05, 0.1) is 11.4 Å². The highest BCUT2D eigenvalue weighted by atomic mass is 35.5. The molecule has 0 saturated carbocycles. The number of rotatable bonds is 6. The summed E-state index contributed by atoms with van der Waals surface area (Å²) in [5.74, 6) is 0.698. The first kappa shape index (κ1) is 21.4. The van der Waals surface area contributed by atoms with Crippen LogP contribution in [0.3, 0.4) is 0 Å². The smallest absolute Gasteiger partial charge is 0.234 e. The van der Waals surface area contributed by atoms with Gasteiger partial charge in [-0.15, -0.1) is 0 Å². The molecule has 1 amide bonds. The van der Waals surface area contributed by atoms with Crippen molar-refractivity contribution in [1.82, 2.24) is 9.97 Å². The molecule has 3 aromatic rings. The van der Waals surface area contributed by atoms with Crippen molar-refractivity contribution in [3.63, 3.8) is 0 Å². The molecule has 1 N–H and O–H groups in total. The number of aromatic nitrogens is 2. The second-order valence-corrected chi connectivity index (χ2v) is 8.42. The molecule has 0 unspecified atom stereocenters. The van der Waals surface area contributed by atoms with Crippen LogP contribution in [0.1, 0.15) is 0 Å². The predicted octanol–water partition coefficient (Wildman–Crippen LogP) is 4.33. The Balaban J connectivity index is 1.31. The number of hydrogen-bond donors (Lipinski definition) is 1. The lowest BCUT2D eigenvalue weighted by atomic mass is 10.2. The average Bonchev–Trinajstić information content (AvgIpc) is 2.78. The summed E-state index contributed by atoms with van der Waals surface area (Å²) in [6, 6.07) is 15.8. The van der Waals surface area contributed by atoms with Crippen LogP contribution in [0.2, 0.25) is 5.02 Å². The monoisotopic (exact) mass is 457 g/mol. The highest BCUT2D eigenvalue weighted by molar-refractivity contribution is 7.99. The van der Waals surface area contributed by atoms with Crippen molar-refractivity contribution in [2.45, 2.75) is 5.03 Å². The van der Waals surface area contributed by atoms with Crippen LogP contribution in [0.25, 0.3) is 0 Å². The Labute approximate surface area is 189 Å². The van der Waals surface area contributed by atoms with Crippen LogP contribution in [0.15, 0.2) is 66.0 Å². The Bertz CT molecular complexity index is 1060. The van der Waals surface area contributed by atoms with Crippen molar-refractivity contribution in [3.05, 3.63) is 71.8 Å². The summed E-state index contributed by atoms with van der Waals surface area (Å²) < 4.78 is 14.0. The molecule has 0 aliphatic carbocycles. The van der Waals surface area contributed by atoms with Crippen LogP contribution in [-0.4, -0.2) is 47.8 Å². The van der Waals surface area contributed by atoms with Gasteiger partial charge in [0.25, 0.3) is 0 Å². The second kappa shape index (κ2) is 9.98. The molecular formula is C22H21ClFN5OS. The number of anilines is 3. The maximum Gasteiger partial charge on any atom is 0.234 e. The minimum Gasteiger partial charge on any atom is -0.366 e. The summed E-state index contributed by atoms with van der Waals surface area (Å²) in [7, 11) is 0. The van der Waals surface area contributed by atoms with Gasteiger partial charge in [-0.2, -0.15) is 0 Å². The molecule has 6 nitrogen and oxygen atoms in total. The number of piperazine rings is 1. The fourth-order valence-corrected chi connectivity index (χ4v) is 4.22. The normalized spacial score (nSPS) is 13.9. The lowest BCUT2D eigenvalue weighted by Gasteiger charge is -2.36. The van der Waals surface area contributed by atoms with Crippen LogP contribution >= 0.6 is 23.4 Å². The molecular weight excluding hydrogens is 437 g/mol. The largest absolute Gasteiger partial charge is 0.366 e. The first-order valence-corrected chi connectivity index (χ1v) is 11.2. The van der Waals surface area contributed by atoms with Crippen LogP contribution in [-0.2, 0) is 4.79 Å². The molecule has 1 fully saturated rings. The quantitative estimate of drug-likeness (QED) is 0.439. The average molecular weight is 458 g/mol. The molecule has 2 aromatic carbocycles. The Morgan fingerprint density at radius 3 is 2.58 bits per heavy atom. The van der Waals surface area contributed by atoms with Gasteiger partial charge in [-0.25, -0.2) is 14.4 Å². The standard InChI is InChI=1S/C22H21ClFN5OS/c23-16-4-3-5-17(12-16)27-21(30)14-31-22-13-20(25-15-26-22)29-10-8-28(9-11-29)19-7-2-1-6-18(19)24/h1-7,12-13,15H,8-11,14H2,(H,27,30). The summed E-state index contributed by atoms with van der Waals surface area (Å²) in [6.45, 7) is 2.86. The van der Waals surface area contributed by atoms with Gasteiger partial charge in [-0.3, -0.25) is 4.79 Å². The van der Waals surface area contributed by atoms with Crippen molar-refractivity contribution in [2.24, 2.45) is 0 Å². The van der Waals surface area contributed by atoms with E-state index in [1.54, 1.807) is 36.4 Å². The Morgan fingerprint density at radius 2 is 1.81 bits per heavy atom. The summed E-state index contributed by atoms with van der Waals surface area (Å²) in [5.41, 5.74) is 1.29. The maximum atomic E-state index is 14.0. The Hall–Kier alpha value is -2.84. The van der Waals surface area contributed by atoms with Gasteiger partial charge in [0.15, 0.2) is 0 Å². The van der Waals surface area contributed by atoms with Gasteiger partial charge in [-0.1, -0.05) is 41.6 Å². The lowest BCUT2D eigenvalue weighted by Crippen LogP contribution is -2.47. The zero-order valence-electron chi connectivity index (χ0n) is 16.7. The molecule has 0 radical (unpaired) electrons. The Kier molecular flexibility index (Phi) is 6.89. The molecule has 31 heavy (non-hydrogen) atoms. The van der Waals surface area contributed by atoms with Crippen LogP contribution in [0, 0.1) is 5.82 Å². The van der Waals surface area contributed by atoms with E-state index in [0.717, 1.165) is 23.9 Å². The van der Waals surface area contributed by atoms with Gasteiger partial charge >= 0.3 is 0 Å². The fourth-order valence-electron chi connectivity index (χ4n) is 3.37. The molecule has 0 bridgehead atoms. The van der Waals surface area contributed by atoms with Gasteiger partial charge in [0, 0.05) is 43.0 Å². The highest BCUT2D eigenvalue weighted by Gasteiger charge is 2.20. The zero-order chi connectivity index (χ0) is 21.6. The van der Waals surface area contributed by atoms with Crippen LogP contribution < -0.4 is 15.1 Å². The number of nitrogens with zero attached hydrogens (tertiary/aromatic N) is 4. The Morgan fingerprint density at radius 1 is 1.03 bits per heavy atom. The number of benzene rings is 2.